The van der Waals surface area contributed by atoms with E-state index >= 15 is 0 Å². The van der Waals surface area contributed by atoms with Gasteiger partial charge in [-0.05, 0) is 59.9 Å². The van der Waals surface area contributed by atoms with Crippen LogP contribution in [0.1, 0.15) is 31.7 Å². The maximum absolute atomic E-state index is 6.01. The smallest absolute Gasteiger partial charge is 0.00461 e. The molecule has 2 aromatic carbocycles. The number of hydrogen-bond acceptors (Lipinski definition) is 1. The molecule has 1 fully saturated rings. The van der Waals surface area contributed by atoms with E-state index in [4.69, 9.17) is 5.73 Å². The minimum absolute atomic E-state index is 0.713. The van der Waals surface area contributed by atoms with Crippen LogP contribution in [0, 0.1) is 17.8 Å². The van der Waals surface area contributed by atoms with Gasteiger partial charge in [0.05, 0.1) is 0 Å². The molecule has 0 aliphatic heterocycles. The lowest BCUT2D eigenvalue weighted by Gasteiger charge is -2.34. The zero-order valence-electron chi connectivity index (χ0n) is 12.4. The monoisotopic (exact) mass is 267 g/mol. The molecule has 2 aromatic rings. The van der Waals surface area contributed by atoms with Gasteiger partial charge in [0.1, 0.15) is 0 Å². The van der Waals surface area contributed by atoms with E-state index in [1.807, 2.05) is 0 Å². The van der Waals surface area contributed by atoms with Crippen molar-refractivity contribution in [2.45, 2.75) is 32.6 Å². The highest BCUT2D eigenvalue weighted by atomic mass is 14.6. The first-order valence-electron chi connectivity index (χ1n) is 7.94. The van der Waals surface area contributed by atoms with Crippen molar-refractivity contribution in [1.29, 1.82) is 0 Å². The highest BCUT2D eigenvalue weighted by Gasteiger charge is 2.27. The summed E-state index contributed by atoms with van der Waals surface area (Å²) >= 11 is 0. The van der Waals surface area contributed by atoms with Gasteiger partial charge in [-0.25, -0.2) is 0 Å². The van der Waals surface area contributed by atoms with Crippen LogP contribution in [-0.2, 0) is 6.42 Å². The lowest BCUT2D eigenvalue weighted by atomic mass is 9.72. The highest BCUT2D eigenvalue weighted by molar-refractivity contribution is 5.85. The molecule has 0 radical (unpaired) electrons. The Morgan fingerprint density at radius 3 is 2.65 bits per heavy atom. The first-order chi connectivity index (χ1) is 9.78. The van der Waals surface area contributed by atoms with Gasteiger partial charge >= 0.3 is 0 Å². The van der Waals surface area contributed by atoms with E-state index in [9.17, 15) is 0 Å². The van der Waals surface area contributed by atoms with Gasteiger partial charge < -0.3 is 5.73 Å². The Morgan fingerprint density at radius 2 is 1.80 bits per heavy atom. The zero-order chi connectivity index (χ0) is 13.9. The molecule has 0 amide bonds. The summed E-state index contributed by atoms with van der Waals surface area (Å²) in [5.74, 6) is 2.33. The SMILES string of the molecule is CC1CCC(CN)C(Cc2cccc3ccccc23)C1. The number of benzene rings is 2. The first kappa shape index (κ1) is 13.6. The van der Waals surface area contributed by atoms with Crippen LogP contribution >= 0.6 is 0 Å². The van der Waals surface area contributed by atoms with Gasteiger partial charge in [-0.3, -0.25) is 0 Å². The molecule has 2 N–H and O–H groups in total. The first-order valence-corrected chi connectivity index (χ1v) is 7.94. The average Bonchev–Trinajstić information content (AvgIpc) is 2.48. The summed E-state index contributed by atoms with van der Waals surface area (Å²) < 4.78 is 0. The second-order valence-electron chi connectivity index (χ2n) is 6.52. The molecule has 0 heterocycles. The Bertz CT molecular complexity index is 569. The van der Waals surface area contributed by atoms with E-state index in [2.05, 4.69) is 49.4 Å². The molecular formula is C19H25N. The van der Waals surface area contributed by atoms with Gasteiger partial charge in [-0.1, -0.05) is 55.8 Å². The summed E-state index contributed by atoms with van der Waals surface area (Å²) in [6.07, 6.45) is 5.19. The summed E-state index contributed by atoms with van der Waals surface area (Å²) in [5.41, 5.74) is 7.51. The molecule has 0 spiro atoms. The third kappa shape index (κ3) is 2.73. The molecule has 1 aliphatic rings. The van der Waals surface area contributed by atoms with Crippen molar-refractivity contribution in [3.63, 3.8) is 0 Å². The minimum Gasteiger partial charge on any atom is -0.330 e. The van der Waals surface area contributed by atoms with Crippen LogP contribution in [-0.4, -0.2) is 6.54 Å². The second-order valence-corrected chi connectivity index (χ2v) is 6.52. The van der Waals surface area contributed by atoms with Crippen molar-refractivity contribution >= 4 is 10.8 Å². The predicted molar refractivity (Wildman–Crippen MR) is 86.7 cm³/mol. The summed E-state index contributed by atoms with van der Waals surface area (Å²) in [7, 11) is 0. The molecule has 3 unspecified atom stereocenters. The van der Waals surface area contributed by atoms with Crippen LogP contribution < -0.4 is 5.73 Å². The van der Waals surface area contributed by atoms with Crippen molar-refractivity contribution in [3.8, 4) is 0 Å². The average molecular weight is 267 g/mol. The maximum atomic E-state index is 6.01. The molecule has 1 nitrogen and oxygen atoms in total. The number of hydrogen-bond donors (Lipinski definition) is 1. The Hall–Kier alpha value is -1.34. The standard InChI is InChI=1S/C19H25N/c1-14-9-10-17(13-20)18(11-14)12-16-7-4-6-15-5-2-3-8-19(15)16/h2-8,14,17-18H,9-13,20H2,1H3. The minimum atomic E-state index is 0.713. The van der Waals surface area contributed by atoms with E-state index in [0.29, 0.717) is 5.92 Å². The Labute approximate surface area is 122 Å². The van der Waals surface area contributed by atoms with Crippen LogP contribution in [0.15, 0.2) is 42.5 Å². The van der Waals surface area contributed by atoms with Gasteiger partial charge in [-0.15, -0.1) is 0 Å². The third-order valence-corrected chi connectivity index (χ3v) is 5.07. The molecule has 0 saturated heterocycles. The van der Waals surface area contributed by atoms with Crippen LogP contribution in [0.2, 0.25) is 0 Å². The number of rotatable bonds is 3. The number of nitrogens with two attached hydrogens (primary N) is 1. The molecule has 106 valence electrons. The highest BCUT2D eigenvalue weighted by Crippen LogP contribution is 2.36. The second kappa shape index (κ2) is 5.97. The maximum Gasteiger partial charge on any atom is -0.00461 e. The van der Waals surface area contributed by atoms with E-state index in [-0.39, 0.29) is 0 Å². The van der Waals surface area contributed by atoms with Gasteiger partial charge in [0.25, 0.3) is 0 Å². The summed E-state index contributed by atoms with van der Waals surface area (Å²) in [5, 5.41) is 2.78. The topological polar surface area (TPSA) is 26.0 Å². The van der Waals surface area contributed by atoms with E-state index in [1.165, 1.54) is 42.0 Å². The summed E-state index contributed by atoms with van der Waals surface area (Å²) in [4.78, 5) is 0. The lowest BCUT2D eigenvalue weighted by molar-refractivity contribution is 0.193. The molecule has 0 bridgehead atoms. The fraction of sp³-hybridized carbons (Fsp3) is 0.474. The molecular weight excluding hydrogens is 242 g/mol. The van der Waals surface area contributed by atoms with Crippen LogP contribution in [0.5, 0.6) is 0 Å². The fourth-order valence-electron chi connectivity index (χ4n) is 3.87. The largest absolute Gasteiger partial charge is 0.330 e. The molecule has 0 aromatic heterocycles. The van der Waals surface area contributed by atoms with Crippen LogP contribution in [0.3, 0.4) is 0 Å². The molecule has 1 heteroatoms. The molecule has 3 rings (SSSR count). The molecule has 20 heavy (non-hydrogen) atoms. The molecule has 1 aliphatic carbocycles. The van der Waals surface area contributed by atoms with Crippen molar-refractivity contribution in [1.82, 2.24) is 0 Å². The summed E-state index contributed by atoms with van der Waals surface area (Å²) in [6.45, 7) is 3.24. The van der Waals surface area contributed by atoms with Crippen LogP contribution in [0.25, 0.3) is 10.8 Å². The number of fused-ring (bicyclic) bond motifs is 1. The van der Waals surface area contributed by atoms with E-state index in [0.717, 1.165) is 18.4 Å². The Morgan fingerprint density at radius 1 is 1.00 bits per heavy atom. The summed E-state index contributed by atoms with van der Waals surface area (Å²) in [6, 6.07) is 15.4. The van der Waals surface area contributed by atoms with Gasteiger partial charge in [0.2, 0.25) is 0 Å². The fourth-order valence-corrected chi connectivity index (χ4v) is 3.87. The molecule has 1 saturated carbocycles. The van der Waals surface area contributed by atoms with E-state index in [1.54, 1.807) is 0 Å². The van der Waals surface area contributed by atoms with Gasteiger partial charge in [0.15, 0.2) is 0 Å². The Balaban J connectivity index is 1.88. The predicted octanol–water partition coefficient (Wildman–Crippen LogP) is 4.39. The Kier molecular flexibility index (Phi) is 4.07. The van der Waals surface area contributed by atoms with Crippen molar-refractivity contribution in [3.05, 3.63) is 48.0 Å². The van der Waals surface area contributed by atoms with Crippen LogP contribution in [0.4, 0.5) is 0 Å². The van der Waals surface area contributed by atoms with Gasteiger partial charge in [0, 0.05) is 0 Å². The third-order valence-electron chi connectivity index (χ3n) is 5.07. The normalized spacial score (nSPS) is 26.8. The quantitative estimate of drug-likeness (QED) is 0.876. The van der Waals surface area contributed by atoms with Crippen molar-refractivity contribution < 1.29 is 0 Å². The van der Waals surface area contributed by atoms with Crippen molar-refractivity contribution in [2.24, 2.45) is 23.5 Å². The zero-order valence-corrected chi connectivity index (χ0v) is 12.4. The van der Waals surface area contributed by atoms with Gasteiger partial charge in [-0.2, -0.15) is 0 Å². The molecule has 3 atom stereocenters. The van der Waals surface area contributed by atoms with E-state index < -0.39 is 0 Å². The van der Waals surface area contributed by atoms with Crippen molar-refractivity contribution in [2.75, 3.05) is 6.54 Å². The lowest BCUT2D eigenvalue weighted by Crippen LogP contribution is -2.31.